The van der Waals surface area contributed by atoms with Gasteiger partial charge in [-0.1, -0.05) is 20.8 Å². The summed E-state index contributed by atoms with van der Waals surface area (Å²) in [6.07, 6.45) is 3.96. The fourth-order valence-corrected chi connectivity index (χ4v) is 4.67. The van der Waals surface area contributed by atoms with Crippen LogP contribution in [0.4, 0.5) is 0 Å². The molecule has 2 fully saturated rings. The van der Waals surface area contributed by atoms with E-state index in [1.54, 1.807) is 0 Å². The number of hydrogen-bond donors (Lipinski definition) is 2. The van der Waals surface area contributed by atoms with Crippen molar-refractivity contribution in [3.63, 3.8) is 0 Å². The van der Waals surface area contributed by atoms with Crippen molar-refractivity contribution in [1.29, 1.82) is 0 Å². The van der Waals surface area contributed by atoms with Gasteiger partial charge < -0.3 is 10.6 Å². The zero-order valence-electron chi connectivity index (χ0n) is 12.5. The van der Waals surface area contributed by atoms with Gasteiger partial charge in [0, 0.05) is 25.6 Å². The monoisotopic (exact) mass is 284 g/mol. The lowest BCUT2D eigenvalue weighted by molar-refractivity contribution is -0.129. The molecule has 2 aliphatic rings. The molecule has 2 N–H and O–H groups in total. The standard InChI is InChI=1S/C15H28N2OS/c1-14(2)5-12(16)6-15(3,9-14)10-17-7-11(8-19)4-13(17)18/h11-12,19H,4-10,16H2,1-3H3. The second-order valence-corrected chi connectivity index (χ2v) is 8.21. The summed E-state index contributed by atoms with van der Waals surface area (Å²) in [5.41, 5.74) is 6.69. The molecule has 0 aromatic heterocycles. The van der Waals surface area contributed by atoms with Crippen molar-refractivity contribution in [3.8, 4) is 0 Å². The Morgan fingerprint density at radius 2 is 2.05 bits per heavy atom. The van der Waals surface area contributed by atoms with Crippen LogP contribution in [0.25, 0.3) is 0 Å². The van der Waals surface area contributed by atoms with Gasteiger partial charge in [0.2, 0.25) is 5.91 Å². The first-order valence-corrected chi connectivity index (χ1v) is 8.00. The Balaban J connectivity index is 2.03. The molecule has 1 aliphatic carbocycles. The zero-order chi connectivity index (χ0) is 14.3. The average Bonchev–Trinajstić information content (AvgIpc) is 2.55. The van der Waals surface area contributed by atoms with Crippen molar-refractivity contribution in [3.05, 3.63) is 0 Å². The summed E-state index contributed by atoms with van der Waals surface area (Å²) < 4.78 is 0. The summed E-state index contributed by atoms with van der Waals surface area (Å²) in [5, 5.41) is 0. The minimum absolute atomic E-state index is 0.169. The van der Waals surface area contributed by atoms with Crippen LogP contribution in [-0.4, -0.2) is 35.7 Å². The van der Waals surface area contributed by atoms with E-state index in [4.69, 9.17) is 5.73 Å². The Hall–Kier alpha value is -0.220. The van der Waals surface area contributed by atoms with Crippen LogP contribution in [0.2, 0.25) is 0 Å². The summed E-state index contributed by atoms with van der Waals surface area (Å²) >= 11 is 4.33. The van der Waals surface area contributed by atoms with Crippen LogP contribution in [0.15, 0.2) is 0 Å². The van der Waals surface area contributed by atoms with Crippen molar-refractivity contribution < 1.29 is 4.79 Å². The molecular formula is C15H28N2OS. The molecule has 4 heteroatoms. The fraction of sp³-hybridized carbons (Fsp3) is 0.933. The number of amides is 1. The molecule has 1 saturated heterocycles. The Kier molecular flexibility index (Phi) is 4.22. The molecule has 3 atom stereocenters. The highest BCUT2D eigenvalue weighted by molar-refractivity contribution is 7.80. The second-order valence-electron chi connectivity index (χ2n) is 7.85. The first-order chi connectivity index (χ1) is 8.73. The smallest absolute Gasteiger partial charge is 0.222 e. The molecule has 2 rings (SSSR count). The number of nitrogens with zero attached hydrogens (tertiary/aromatic N) is 1. The lowest BCUT2D eigenvalue weighted by Crippen LogP contribution is -2.48. The molecule has 1 amide bonds. The molecule has 1 aliphatic heterocycles. The maximum atomic E-state index is 12.1. The molecule has 0 aromatic carbocycles. The molecule has 19 heavy (non-hydrogen) atoms. The van der Waals surface area contributed by atoms with E-state index in [-0.39, 0.29) is 16.9 Å². The van der Waals surface area contributed by atoms with Crippen LogP contribution >= 0.6 is 12.6 Å². The topological polar surface area (TPSA) is 46.3 Å². The van der Waals surface area contributed by atoms with Crippen molar-refractivity contribution in [1.82, 2.24) is 4.90 Å². The van der Waals surface area contributed by atoms with E-state index in [1.165, 1.54) is 0 Å². The molecule has 0 radical (unpaired) electrons. The van der Waals surface area contributed by atoms with Gasteiger partial charge in [-0.05, 0) is 41.8 Å². The van der Waals surface area contributed by atoms with Gasteiger partial charge in [0.15, 0.2) is 0 Å². The van der Waals surface area contributed by atoms with Crippen LogP contribution < -0.4 is 5.73 Å². The maximum Gasteiger partial charge on any atom is 0.222 e. The highest BCUT2D eigenvalue weighted by atomic mass is 32.1. The van der Waals surface area contributed by atoms with Crippen molar-refractivity contribution >= 4 is 18.5 Å². The lowest BCUT2D eigenvalue weighted by atomic mass is 9.62. The minimum Gasteiger partial charge on any atom is -0.342 e. The fourth-order valence-electron chi connectivity index (χ4n) is 4.42. The largest absolute Gasteiger partial charge is 0.342 e. The Morgan fingerprint density at radius 1 is 1.37 bits per heavy atom. The normalized spacial score (nSPS) is 38.8. The van der Waals surface area contributed by atoms with E-state index < -0.39 is 0 Å². The van der Waals surface area contributed by atoms with Crippen LogP contribution in [0.3, 0.4) is 0 Å². The number of carbonyl (C=O) groups is 1. The number of likely N-dealkylation sites (tertiary alicyclic amines) is 1. The van der Waals surface area contributed by atoms with E-state index in [0.29, 0.717) is 18.2 Å². The van der Waals surface area contributed by atoms with Gasteiger partial charge >= 0.3 is 0 Å². The third-order valence-corrected chi connectivity index (χ3v) is 5.12. The molecule has 0 aromatic rings. The molecule has 1 saturated carbocycles. The summed E-state index contributed by atoms with van der Waals surface area (Å²) in [6.45, 7) is 8.65. The van der Waals surface area contributed by atoms with Crippen LogP contribution in [0.1, 0.15) is 46.5 Å². The molecule has 0 spiro atoms. The van der Waals surface area contributed by atoms with Crippen molar-refractivity contribution in [2.24, 2.45) is 22.5 Å². The summed E-state index contributed by atoms with van der Waals surface area (Å²) in [4.78, 5) is 14.1. The number of carbonyl (C=O) groups excluding carboxylic acids is 1. The first-order valence-electron chi connectivity index (χ1n) is 7.37. The number of rotatable bonds is 3. The van der Waals surface area contributed by atoms with E-state index in [2.05, 4.69) is 38.3 Å². The predicted molar refractivity (Wildman–Crippen MR) is 82.3 cm³/mol. The van der Waals surface area contributed by atoms with Gasteiger partial charge in [-0.25, -0.2) is 0 Å². The van der Waals surface area contributed by atoms with Gasteiger partial charge in [-0.15, -0.1) is 0 Å². The summed E-state index contributed by atoms with van der Waals surface area (Å²) in [5.74, 6) is 1.55. The highest BCUT2D eigenvalue weighted by Crippen LogP contribution is 2.46. The van der Waals surface area contributed by atoms with E-state index >= 15 is 0 Å². The third-order valence-electron chi connectivity index (χ3n) is 4.60. The van der Waals surface area contributed by atoms with E-state index in [0.717, 1.165) is 38.1 Å². The zero-order valence-corrected chi connectivity index (χ0v) is 13.4. The van der Waals surface area contributed by atoms with E-state index in [1.807, 2.05) is 0 Å². The minimum atomic E-state index is 0.169. The maximum absolute atomic E-state index is 12.1. The first kappa shape index (κ1) is 15.2. The van der Waals surface area contributed by atoms with Crippen molar-refractivity contribution in [2.75, 3.05) is 18.8 Å². The molecule has 0 bridgehead atoms. The van der Waals surface area contributed by atoms with Crippen LogP contribution in [0.5, 0.6) is 0 Å². The van der Waals surface area contributed by atoms with Crippen molar-refractivity contribution in [2.45, 2.75) is 52.5 Å². The second kappa shape index (κ2) is 5.28. The molecule has 3 nitrogen and oxygen atoms in total. The van der Waals surface area contributed by atoms with Gasteiger partial charge in [0.25, 0.3) is 0 Å². The van der Waals surface area contributed by atoms with Gasteiger partial charge in [0.05, 0.1) is 0 Å². The molecule has 1 heterocycles. The predicted octanol–water partition coefficient (Wildman–Crippen LogP) is 2.31. The van der Waals surface area contributed by atoms with E-state index in [9.17, 15) is 4.79 Å². The number of hydrogen-bond acceptors (Lipinski definition) is 3. The van der Waals surface area contributed by atoms with Gasteiger partial charge in [-0.3, -0.25) is 4.79 Å². The Bertz CT molecular complexity index is 358. The molecule has 110 valence electrons. The highest BCUT2D eigenvalue weighted by Gasteiger charge is 2.42. The summed E-state index contributed by atoms with van der Waals surface area (Å²) in [6, 6.07) is 0.270. The quantitative estimate of drug-likeness (QED) is 0.781. The Morgan fingerprint density at radius 3 is 2.58 bits per heavy atom. The lowest BCUT2D eigenvalue weighted by Gasteiger charge is -2.47. The SMILES string of the molecule is CC1(C)CC(N)CC(C)(CN2CC(CS)CC2=O)C1. The Labute approximate surface area is 122 Å². The van der Waals surface area contributed by atoms with Crippen LogP contribution in [0, 0.1) is 16.7 Å². The number of nitrogens with two attached hydrogens (primary N) is 1. The third kappa shape index (κ3) is 3.66. The number of thiol groups is 1. The van der Waals surface area contributed by atoms with Gasteiger partial charge in [0.1, 0.15) is 0 Å². The van der Waals surface area contributed by atoms with Gasteiger partial charge in [-0.2, -0.15) is 12.6 Å². The average molecular weight is 284 g/mol. The molecule has 3 unspecified atom stereocenters. The van der Waals surface area contributed by atoms with Crippen LogP contribution in [-0.2, 0) is 4.79 Å². The molecular weight excluding hydrogens is 256 g/mol. The summed E-state index contributed by atoms with van der Waals surface area (Å²) in [7, 11) is 0.